The SMILES string of the molecule is CC/C=C\C/C=C\C/C=C\C/C=C\CCCCC(=O)OC(COCCCCCCCC/C=C\C/C=C\CCC)COP(=O)(O)OCC[N+](C)(C)C. The highest BCUT2D eigenvalue weighted by Gasteiger charge is 2.26. The first-order valence-corrected chi connectivity index (χ1v) is 21.2. The number of hydrogen-bond donors (Lipinski definition) is 1. The van der Waals surface area contributed by atoms with Gasteiger partial charge >= 0.3 is 13.8 Å². The van der Waals surface area contributed by atoms with Gasteiger partial charge in [0.15, 0.2) is 0 Å². The second-order valence-corrected chi connectivity index (χ2v) is 15.4. The van der Waals surface area contributed by atoms with Gasteiger partial charge < -0.3 is 18.9 Å². The molecule has 0 amide bonds. The van der Waals surface area contributed by atoms with Gasteiger partial charge in [-0.05, 0) is 77.0 Å². The molecular weight excluding hydrogens is 661 g/mol. The molecule has 0 heterocycles. The fourth-order valence-electron chi connectivity index (χ4n) is 4.70. The maximum absolute atomic E-state index is 12.6. The van der Waals surface area contributed by atoms with Gasteiger partial charge in [-0.1, -0.05) is 119 Å². The minimum Gasteiger partial charge on any atom is -0.457 e. The van der Waals surface area contributed by atoms with Crippen molar-refractivity contribution >= 4 is 13.8 Å². The zero-order valence-corrected chi connectivity index (χ0v) is 34.0. The van der Waals surface area contributed by atoms with Gasteiger partial charge in [-0.2, -0.15) is 0 Å². The summed E-state index contributed by atoms with van der Waals surface area (Å²) in [6.07, 6.45) is 43.6. The number of ether oxygens (including phenoxy) is 2. The third-order valence-electron chi connectivity index (χ3n) is 7.73. The minimum absolute atomic E-state index is 0.0743. The van der Waals surface area contributed by atoms with Crippen LogP contribution in [0.1, 0.15) is 129 Å². The lowest BCUT2D eigenvalue weighted by molar-refractivity contribution is -0.870. The fourth-order valence-corrected chi connectivity index (χ4v) is 5.44. The Hall–Kier alpha value is -2.06. The summed E-state index contributed by atoms with van der Waals surface area (Å²) in [5.41, 5.74) is 0. The molecule has 0 saturated carbocycles. The largest absolute Gasteiger partial charge is 0.472 e. The molecule has 0 aliphatic heterocycles. The zero-order chi connectivity index (χ0) is 37.7. The van der Waals surface area contributed by atoms with Crippen LogP contribution in [-0.2, 0) is 27.9 Å². The highest BCUT2D eigenvalue weighted by molar-refractivity contribution is 7.47. The van der Waals surface area contributed by atoms with Crippen molar-refractivity contribution < 1.29 is 37.3 Å². The molecule has 0 aromatic rings. The number of carbonyl (C=O) groups is 1. The number of phosphoric acid groups is 1. The summed E-state index contributed by atoms with van der Waals surface area (Å²) in [5, 5.41) is 0. The van der Waals surface area contributed by atoms with E-state index in [0.717, 1.165) is 77.0 Å². The number of quaternary nitrogens is 1. The number of carbonyl (C=O) groups excluding carboxylic acids is 1. The van der Waals surface area contributed by atoms with Crippen LogP contribution < -0.4 is 0 Å². The molecule has 0 rings (SSSR count). The normalized spacial score (nSPS) is 14.7. The van der Waals surface area contributed by atoms with Crippen LogP contribution in [-0.4, -0.2) is 75.6 Å². The van der Waals surface area contributed by atoms with Crippen LogP contribution in [0.3, 0.4) is 0 Å². The van der Waals surface area contributed by atoms with Crippen molar-refractivity contribution in [3.8, 4) is 0 Å². The molecule has 8 nitrogen and oxygen atoms in total. The van der Waals surface area contributed by atoms with Gasteiger partial charge in [0.25, 0.3) is 0 Å². The van der Waals surface area contributed by atoms with Gasteiger partial charge in [0.05, 0.1) is 34.4 Å². The van der Waals surface area contributed by atoms with Gasteiger partial charge in [0, 0.05) is 13.0 Å². The molecule has 0 bridgehead atoms. The van der Waals surface area contributed by atoms with E-state index in [0.29, 0.717) is 24.1 Å². The molecule has 0 fully saturated rings. The Labute approximate surface area is 312 Å². The minimum atomic E-state index is -4.29. The van der Waals surface area contributed by atoms with E-state index in [-0.39, 0.29) is 32.2 Å². The lowest BCUT2D eigenvalue weighted by Gasteiger charge is -2.24. The molecule has 0 aromatic heterocycles. The van der Waals surface area contributed by atoms with E-state index in [1.165, 1.54) is 25.7 Å². The fraction of sp³-hybridized carbons (Fsp3) is 0.690. The summed E-state index contributed by atoms with van der Waals surface area (Å²) in [6, 6.07) is 0. The standard InChI is InChI=1S/C42H74NO7P/c1-6-8-10-12-14-16-18-20-22-23-25-27-29-31-33-35-42(44)50-41(40-49-51(45,46)48-38-36-43(3,4)5)39-47-37-34-32-30-28-26-24-21-19-17-15-13-11-9-7-2/h8,10-11,13-14,16-17,19-20,22,25,27,41H,6-7,9,12,15,18,21,23-24,26,28-40H2,1-5H3/p+1/b10-8-,13-11-,16-14-,19-17-,22-20-,27-25-. The first-order chi connectivity index (χ1) is 24.6. The van der Waals surface area contributed by atoms with Crippen LogP contribution in [0.25, 0.3) is 0 Å². The summed E-state index contributed by atoms with van der Waals surface area (Å²) in [7, 11) is 1.62. The lowest BCUT2D eigenvalue weighted by Crippen LogP contribution is -2.37. The van der Waals surface area contributed by atoms with Crippen LogP contribution in [0.2, 0.25) is 0 Å². The van der Waals surface area contributed by atoms with Crippen LogP contribution in [0.15, 0.2) is 72.9 Å². The molecular formula is C42H75NO7P+. The van der Waals surface area contributed by atoms with Crippen molar-refractivity contribution in [2.45, 2.75) is 136 Å². The van der Waals surface area contributed by atoms with Crippen molar-refractivity contribution in [1.29, 1.82) is 0 Å². The Morgan fingerprint density at radius 3 is 1.71 bits per heavy atom. The maximum atomic E-state index is 12.6. The third-order valence-corrected chi connectivity index (χ3v) is 8.72. The second kappa shape index (κ2) is 35.0. The summed E-state index contributed by atoms with van der Waals surface area (Å²) in [5.74, 6) is -0.362. The first kappa shape index (κ1) is 48.9. The predicted molar refractivity (Wildman–Crippen MR) is 215 cm³/mol. The third kappa shape index (κ3) is 39.0. The number of nitrogens with zero attached hydrogens (tertiary/aromatic N) is 1. The molecule has 2 unspecified atom stereocenters. The number of rotatable bonds is 35. The van der Waals surface area contributed by atoms with Crippen molar-refractivity contribution in [3.05, 3.63) is 72.9 Å². The van der Waals surface area contributed by atoms with E-state index in [9.17, 15) is 14.3 Å². The molecule has 0 aliphatic rings. The summed E-state index contributed by atoms with van der Waals surface area (Å²) >= 11 is 0. The molecule has 0 aromatic carbocycles. The molecule has 0 aliphatic carbocycles. The van der Waals surface area contributed by atoms with Crippen LogP contribution in [0.5, 0.6) is 0 Å². The van der Waals surface area contributed by atoms with Crippen molar-refractivity contribution in [2.24, 2.45) is 0 Å². The molecule has 0 radical (unpaired) electrons. The van der Waals surface area contributed by atoms with E-state index < -0.39 is 13.9 Å². The van der Waals surface area contributed by atoms with E-state index in [4.69, 9.17) is 18.5 Å². The number of likely N-dealkylation sites (N-methyl/N-ethyl adjacent to an activating group) is 1. The highest BCUT2D eigenvalue weighted by Crippen LogP contribution is 2.43. The van der Waals surface area contributed by atoms with Crippen LogP contribution in [0.4, 0.5) is 0 Å². The molecule has 294 valence electrons. The number of unbranched alkanes of at least 4 members (excludes halogenated alkanes) is 9. The zero-order valence-electron chi connectivity index (χ0n) is 33.1. The Bertz CT molecular complexity index is 1040. The maximum Gasteiger partial charge on any atom is 0.472 e. The molecule has 0 saturated heterocycles. The first-order valence-electron chi connectivity index (χ1n) is 19.7. The smallest absolute Gasteiger partial charge is 0.457 e. The van der Waals surface area contributed by atoms with E-state index in [1.807, 2.05) is 21.1 Å². The summed E-state index contributed by atoms with van der Waals surface area (Å²) in [6.45, 7) is 5.33. The van der Waals surface area contributed by atoms with Gasteiger partial charge in [0.1, 0.15) is 19.3 Å². The topological polar surface area (TPSA) is 91.3 Å². The Morgan fingerprint density at radius 2 is 1.14 bits per heavy atom. The number of allylic oxidation sites excluding steroid dienone is 12. The predicted octanol–water partition coefficient (Wildman–Crippen LogP) is 11.2. The molecule has 0 spiro atoms. The molecule has 2 atom stereocenters. The lowest BCUT2D eigenvalue weighted by atomic mass is 10.1. The van der Waals surface area contributed by atoms with E-state index in [1.54, 1.807) is 0 Å². The molecule has 51 heavy (non-hydrogen) atoms. The van der Waals surface area contributed by atoms with Gasteiger partial charge in [0.2, 0.25) is 0 Å². The Morgan fingerprint density at radius 1 is 0.627 bits per heavy atom. The summed E-state index contributed by atoms with van der Waals surface area (Å²) < 4.78 is 34.8. The van der Waals surface area contributed by atoms with Crippen LogP contribution in [0, 0.1) is 0 Å². The molecule has 1 N–H and O–H groups in total. The van der Waals surface area contributed by atoms with E-state index >= 15 is 0 Å². The molecule has 9 heteroatoms. The highest BCUT2D eigenvalue weighted by atomic mass is 31.2. The average Bonchev–Trinajstić information content (AvgIpc) is 3.08. The van der Waals surface area contributed by atoms with Gasteiger partial charge in [-0.3, -0.25) is 13.8 Å². The Kier molecular flexibility index (Phi) is 33.6. The van der Waals surface area contributed by atoms with Crippen molar-refractivity contribution in [1.82, 2.24) is 0 Å². The van der Waals surface area contributed by atoms with Gasteiger partial charge in [-0.25, -0.2) is 4.57 Å². The Balaban J connectivity index is 4.41. The van der Waals surface area contributed by atoms with Crippen molar-refractivity contribution in [2.75, 3.05) is 54.1 Å². The van der Waals surface area contributed by atoms with Crippen LogP contribution >= 0.6 is 7.82 Å². The summed E-state index contributed by atoms with van der Waals surface area (Å²) in [4.78, 5) is 22.8. The second-order valence-electron chi connectivity index (χ2n) is 13.9. The van der Waals surface area contributed by atoms with E-state index in [2.05, 4.69) is 86.8 Å². The van der Waals surface area contributed by atoms with Gasteiger partial charge in [-0.15, -0.1) is 0 Å². The number of esters is 1. The van der Waals surface area contributed by atoms with Crippen molar-refractivity contribution in [3.63, 3.8) is 0 Å². The monoisotopic (exact) mass is 737 g/mol. The number of phosphoric ester groups is 1. The average molecular weight is 737 g/mol. The number of hydrogen-bond acceptors (Lipinski definition) is 6. The quantitative estimate of drug-likeness (QED) is 0.0228.